The summed E-state index contributed by atoms with van der Waals surface area (Å²) < 4.78 is 20.2. The van der Waals surface area contributed by atoms with Gasteiger partial charge in [-0.3, -0.25) is 0 Å². The van der Waals surface area contributed by atoms with Gasteiger partial charge >= 0.3 is 0 Å². The summed E-state index contributed by atoms with van der Waals surface area (Å²) in [5, 5.41) is 3.50. The van der Waals surface area contributed by atoms with Crippen LogP contribution in [0.25, 0.3) is 0 Å². The molecule has 0 aliphatic carbocycles. The Balaban J connectivity index is 1.35. The minimum absolute atomic E-state index is 0.290. The van der Waals surface area contributed by atoms with Gasteiger partial charge in [0.05, 0.1) is 13.2 Å². The fourth-order valence-corrected chi connectivity index (χ4v) is 3.73. The molecule has 27 heavy (non-hydrogen) atoms. The highest BCUT2D eigenvalue weighted by Gasteiger charge is 2.23. The Bertz CT molecular complexity index is 780. The Morgan fingerprint density at radius 2 is 1.89 bits per heavy atom. The van der Waals surface area contributed by atoms with E-state index in [2.05, 4.69) is 41.1 Å². The van der Waals surface area contributed by atoms with Gasteiger partial charge in [0.25, 0.3) is 0 Å². The molecule has 9 heteroatoms. The number of halogens is 2. The molecular weight excluding hydrogens is 415 g/mol. The van der Waals surface area contributed by atoms with Crippen LogP contribution in [0.15, 0.2) is 29.0 Å². The molecule has 2 aliphatic rings. The fourth-order valence-electron chi connectivity index (χ4n) is 3.43. The van der Waals surface area contributed by atoms with Gasteiger partial charge in [0.1, 0.15) is 5.82 Å². The van der Waals surface area contributed by atoms with Crippen molar-refractivity contribution in [3.63, 3.8) is 0 Å². The normalized spacial score (nSPS) is 18.6. The molecule has 0 aromatic carbocycles. The summed E-state index contributed by atoms with van der Waals surface area (Å²) in [5.74, 6) is 1.70. The Morgan fingerprint density at radius 3 is 2.63 bits per heavy atom. The van der Waals surface area contributed by atoms with Crippen molar-refractivity contribution in [1.82, 2.24) is 15.0 Å². The van der Waals surface area contributed by atoms with Crippen LogP contribution in [0.5, 0.6) is 0 Å². The van der Waals surface area contributed by atoms with Crippen molar-refractivity contribution in [1.29, 1.82) is 0 Å². The molecule has 1 N–H and O–H groups in total. The quantitative estimate of drug-likeness (QED) is 0.789. The Kier molecular flexibility index (Phi) is 5.68. The maximum Gasteiger partial charge on any atom is 0.227 e. The van der Waals surface area contributed by atoms with Crippen LogP contribution in [0.4, 0.5) is 22.0 Å². The number of morpholine rings is 1. The number of rotatable bonds is 4. The highest BCUT2D eigenvalue weighted by Crippen LogP contribution is 2.24. The van der Waals surface area contributed by atoms with Crippen LogP contribution in [0.3, 0.4) is 0 Å². The largest absolute Gasteiger partial charge is 0.378 e. The van der Waals surface area contributed by atoms with Crippen LogP contribution in [-0.4, -0.2) is 60.4 Å². The zero-order valence-corrected chi connectivity index (χ0v) is 16.5. The van der Waals surface area contributed by atoms with Crippen molar-refractivity contribution in [2.24, 2.45) is 0 Å². The molecule has 2 fully saturated rings. The van der Waals surface area contributed by atoms with Crippen LogP contribution in [-0.2, 0) is 4.74 Å². The molecule has 0 saturated carbocycles. The molecule has 0 unspecified atom stereocenters. The molecule has 0 radical (unpaired) electrons. The van der Waals surface area contributed by atoms with E-state index in [0.29, 0.717) is 29.5 Å². The maximum atomic E-state index is 14.1. The van der Waals surface area contributed by atoms with Crippen molar-refractivity contribution in [3.8, 4) is 0 Å². The van der Waals surface area contributed by atoms with E-state index < -0.39 is 0 Å². The van der Waals surface area contributed by atoms with E-state index >= 15 is 0 Å². The van der Waals surface area contributed by atoms with Crippen LogP contribution < -0.4 is 15.1 Å². The number of ether oxygens (including phenoxy) is 1. The second kappa shape index (κ2) is 8.35. The zero-order chi connectivity index (χ0) is 18.6. The zero-order valence-electron chi connectivity index (χ0n) is 14.9. The van der Waals surface area contributed by atoms with E-state index in [-0.39, 0.29) is 5.82 Å². The maximum absolute atomic E-state index is 14.1. The highest BCUT2D eigenvalue weighted by atomic mass is 79.9. The smallest absolute Gasteiger partial charge is 0.227 e. The number of nitrogens with zero attached hydrogens (tertiary/aromatic N) is 5. The van der Waals surface area contributed by atoms with Gasteiger partial charge in [0.2, 0.25) is 5.95 Å². The third-order valence-corrected chi connectivity index (χ3v) is 5.31. The molecule has 4 heterocycles. The van der Waals surface area contributed by atoms with Gasteiger partial charge < -0.3 is 19.9 Å². The summed E-state index contributed by atoms with van der Waals surface area (Å²) in [6.07, 6.45) is 5.22. The second-order valence-corrected chi connectivity index (χ2v) is 7.62. The van der Waals surface area contributed by atoms with Gasteiger partial charge in [-0.25, -0.2) is 14.4 Å². The first kappa shape index (κ1) is 18.4. The first-order chi connectivity index (χ1) is 13.2. The SMILES string of the molecule is Fc1cc(Br)cnc1N1CCC(Nc2ccnc(N3CCOCC3)n2)CC1. The average Bonchev–Trinajstić information content (AvgIpc) is 2.70. The number of piperidine rings is 1. The van der Waals surface area contributed by atoms with Crippen molar-refractivity contribution in [2.45, 2.75) is 18.9 Å². The molecule has 7 nitrogen and oxygen atoms in total. The molecule has 2 aliphatic heterocycles. The molecule has 4 rings (SSSR count). The van der Waals surface area contributed by atoms with E-state index in [1.165, 1.54) is 6.07 Å². The number of pyridine rings is 1. The lowest BCUT2D eigenvalue weighted by molar-refractivity contribution is 0.122. The molecule has 2 aromatic rings. The van der Waals surface area contributed by atoms with Crippen molar-refractivity contribution in [2.75, 3.05) is 54.5 Å². The number of hydrogen-bond acceptors (Lipinski definition) is 7. The predicted octanol–water partition coefficient (Wildman–Crippen LogP) is 2.69. The number of anilines is 3. The summed E-state index contributed by atoms with van der Waals surface area (Å²) in [4.78, 5) is 17.4. The number of hydrogen-bond donors (Lipinski definition) is 1. The molecule has 0 spiro atoms. The Labute approximate surface area is 166 Å². The standard InChI is InChI=1S/C18H22BrFN6O/c19-13-11-15(20)17(22-12-13)25-5-2-14(3-6-25)23-16-1-4-21-18(24-16)26-7-9-27-10-8-26/h1,4,11-12,14H,2-3,5-10H2,(H,21,23,24). The summed E-state index contributed by atoms with van der Waals surface area (Å²) in [5.41, 5.74) is 0. The summed E-state index contributed by atoms with van der Waals surface area (Å²) in [6.45, 7) is 4.55. The topological polar surface area (TPSA) is 66.4 Å². The summed E-state index contributed by atoms with van der Waals surface area (Å²) in [7, 11) is 0. The second-order valence-electron chi connectivity index (χ2n) is 6.71. The minimum Gasteiger partial charge on any atom is -0.378 e. The third kappa shape index (κ3) is 4.47. The molecule has 2 aromatic heterocycles. The monoisotopic (exact) mass is 436 g/mol. The van der Waals surface area contributed by atoms with Crippen molar-refractivity contribution >= 4 is 33.5 Å². The highest BCUT2D eigenvalue weighted by molar-refractivity contribution is 9.10. The fraction of sp³-hybridized carbons (Fsp3) is 0.500. The van der Waals surface area contributed by atoms with E-state index in [4.69, 9.17) is 4.74 Å². The lowest BCUT2D eigenvalue weighted by Crippen LogP contribution is -2.40. The lowest BCUT2D eigenvalue weighted by Gasteiger charge is -2.33. The van der Waals surface area contributed by atoms with Crippen LogP contribution in [0, 0.1) is 5.82 Å². The van der Waals surface area contributed by atoms with Gasteiger partial charge in [-0.1, -0.05) is 0 Å². The van der Waals surface area contributed by atoms with Gasteiger partial charge in [-0.05, 0) is 40.9 Å². The van der Waals surface area contributed by atoms with Crippen LogP contribution in [0.2, 0.25) is 0 Å². The molecule has 144 valence electrons. The third-order valence-electron chi connectivity index (χ3n) is 4.87. The van der Waals surface area contributed by atoms with E-state index in [9.17, 15) is 4.39 Å². The molecule has 0 amide bonds. The summed E-state index contributed by atoms with van der Waals surface area (Å²) in [6, 6.07) is 3.65. The predicted molar refractivity (Wildman–Crippen MR) is 106 cm³/mol. The van der Waals surface area contributed by atoms with E-state index in [0.717, 1.165) is 50.8 Å². The van der Waals surface area contributed by atoms with Crippen molar-refractivity contribution in [3.05, 3.63) is 34.8 Å². The van der Waals surface area contributed by atoms with E-state index in [1.54, 1.807) is 12.4 Å². The molecule has 2 saturated heterocycles. The molecule has 0 atom stereocenters. The number of aromatic nitrogens is 3. The number of nitrogens with one attached hydrogen (secondary N) is 1. The van der Waals surface area contributed by atoms with Crippen LogP contribution in [0.1, 0.15) is 12.8 Å². The first-order valence-corrected chi connectivity index (χ1v) is 9.96. The summed E-state index contributed by atoms with van der Waals surface area (Å²) >= 11 is 3.25. The molecular formula is C18H22BrFN6O. The Hall–Kier alpha value is -2.00. The van der Waals surface area contributed by atoms with Gasteiger partial charge in [0, 0.05) is 49.1 Å². The van der Waals surface area contributed by atoms with Gasteiger partial charge in [0.15, 0.2) is 11.6 Å². The molecule has 0 bridgehead atoms. The van der Waals surface area contributed by atoms with Gasteiger partial charge in [-0.15, -0.1) is 0 Å². The Morgan fingerprint density at radius 1 is 1.11 bits per heavy atom. The van der Waals surface area contributed by atoms with Gasteiger partial charge in [-0.2, -0.15) is 4.98 Å². The minimum atomic E-state index is -0.290. The first-order valence-electron chi connectivity index (χ1n) is 9.17. The van der Waals surface area contributed by atoms with E-state index in [1.807, 2.05) is 11.0 Å². The average molecular weight is 437 g/mol. The van der Waals surface area contributed by atoms with Crippen molar-refractivity contribution < 1.29 is 9.13 Å². The lowest BCUT2D eigenvalue weighted by atomic mass is 10.0. The van der Waals surface area contributed by atoms with Crippen LogP contribution >= 0.6 is 15.9 Å².